The molecule has 0 spiro atoms. The Bertz CT molecular complexity index is 217. The molecule has 2 heteroatoms. The molecular weight excluding hydrogens is 200 g/mol. The van der Waals surface area contributed by atoms with Gasteiger partial charge in [-0.25, -0.2) is 4.79 Å². The first kappa shape index (κ1) is 15.2. The van der Waals surface area contributed by atoms with E-state index in [1.165, 1.54) is 32.1 Å². The molecule has 0 amide bonds. The summed E-state index contributed by atoms with van der Waals surface area (Å²) in [7, 11) is 0. The number of unbranched alkanes of at least 4 members (excludes halogenated alkanes) is 5. The molecule has 94 valence electrons. The summed E-state index contributed by atoms with van der Waals surface area (Å²) in [5.74, 6) is 0.0260. The van der Waals surface area contributed by atoms with Gasteiger partial charge in [0.25, 0.3) is 0 Å². The zero-order valence-corrected chi connectivity index (χ0v) is 11.0. The molecule has 0 saturated carbocycles. The smallest absolute Gasteiger partial charge is 0.330 e. The molecule has 2 nitrogen and oxygen atoms in total. The van der Waals surface area contributed by atoms with Crippen molar-refractivity contribution in [2.75, 3.05) is 0 Å². The molecule has 0 rings (SSSR count). The average molecular weight is 226 g/mol. The molecule has 1 N–H and O–H groups in total. The Hall–Kier alpha value is -0.790. The second-order valence-corrected chi connectivity index (χ2v) is 4.93. The molecule has 0 heterocycles. The summed E-state index contributed by atoms with van der Waals surface area (Å²) in [6.07, 6.45) is 10.3. The maximum atomic E-state index is 10.5. The predicted octanol–water partition coefficient (Wildman–Crippen LogP) is 4.40. The molecule has 0 saturated heterocycles. The van der Waals surface area contributed by atoms with Crippen molar-refractivity contribution in [3.05, 3.63) is 11.6 Å². The van der Waals surface area contributed by atoms with Gasteiger partial charge in [0.2, 0.25) is 0 Å². The second-order valence-electron chi connectivity index (χ2n) is 4.93. The lowest BCUT2D eigenvalue weighted by atomic mass is 10.0. The van der Waals surface area contributed by atoms with Crippen molar-refractivity contribution in [1.29, 1.82) is 0 Å². The van der Waals surface area contributed by atoms with Gasteiger partial charge >= 0.3 is 5.97 Å². The third kappa shape index (κ3) is 9.75. The van der Waals surface area contributed by atoms with Crippen LogP contribution in [0.2, 0.25) is 0 Å². The maximum Gasteiger partial charge on any atom is 0.330 e. The van der Waals surface area contributed by atoms with E-state index in [0.29, 0.717) is 5.57 Å². The Kier molecular flexibility index (Phi) is 8.97. The van der Waals surface area contributed by atoms with Crippen LogP contribution in [0.1, 0.15) is 65.7 Å². The molecule has 16 heavy (non-hydrogen) atoms. The normalized spacial score (nSPS) is 12.1. The van der Waals surface area contributed by atoms with Crippen molar-refractivity contribution in [2.45, 2.75) is 65.7 Å². The van der Waals surface area contributed by atoms with Crippen LogP contribution in [0.25, 0.3) is 0 Å². The molecule has 0 aromatic rings. The van der Waals surface area contributed by atoms with E-state index in [-0.39, 0.29) is 0 Å². The zero-order valence-electron chi connectivity index (χ0n) is 11.0. The van der Waals surface area contributed by atoms with E-state index < -0.39 is 5.97 Å². The van der Waals surface area contributed by atoms with E-state index in [4.69, 9.17) is 5.11 Å². The van der Waals surface area contributed by atoms with Crippen LogP contribution in [0.5, 0.6) is 0 Å². The lowest BCUT2D eigenvalue weighted by Crippen LogP contribution is -1.95. The fourth-order valence-corrected chi connectivity index (χ4v) is 1.63. The highest BCUT2D eigenvalue weighted by Crippen LogP contribution is 2.11. The van der Waals surface area contributed by atoms with Crippen molar-refractivity contribution in [1.82, 2.24) is 0 Å². The van der Waals surface area contributed by atoms with Crippen molar-refractivity contribution < 1.29 is 9.90 Å². The summed E-state index contributed by atoms with van der Waals surface area (Å²) >= 11 is 0. The molecule has 0 aromatic heterocycles. The number of rotatable bonds is 9. The first-order valence-electron chi connectivity index (χ1n) is 6.44. The van der Waals surface area contributed by atoms with Gasteiger partial charge in [-0.3, -0.25) is 0 Å². The number of hydrogen-bond donors (Lipinski definition) is 1. The van der Waals surface area contributed by atoms with Gasteiger partial charge in [-0.15, -0.1) is 0 Å². The summed E-state index contributed by atoms with van der Waals surface area (Å²) in [4.78, 5) is 10.5. The molecule has 0 fully saturated rings. The Labute approximate surface area is 99.7 Å². The van der Waals surface area contributed by atoms with Gasteiger partial charge in [0.05, 0.1) is 0 Å². The Balaban J connectivity index is 3.28. The van der Waals surface area contributed by atoms with E-state index in [1.807, 2.05) is 6.08 Å². The predicted molar refractivity (Wildman–Crippen MR) is 68.5 cm³/mol. The van der Waals surface area contributed by atoms with E-state index in [0.717, 1.165) is 18.8 Å². The minimum Gasteiger partial charge on any atom is -0.478 e. The van der Waals surface area contributed by atoms with Crippen LogP contribution in [0.3, 0.4) is 0 Å². The zero-order chi connectivity index (χ0) is 12.4. The van der Waals surface area contributed by atoms with Gasteiger partial charge in [0.1, 0.15) is 0 Å². The molecule has 0 bridgehead atoms. The molecule has 0 aliphatic heterocycles. The van der Waals surface area contributed by atoms with Crippen LogP contribution in [-0.4, -0.2) is 11.1 Å². The molecule has 0 unspecified atom stereocenters. The monoisotopic (exact) mass is 226 g/mol. The van der Waals surface area contributed by atoms with Crippen LogP contribution in [0.15, 0.2) is 11.6 Å². The molecule has 0 aromatic carbocycles. The number of carboxylic acid groups (broad SMARTS) is 1. The van der Waals surface area contributed by atoms with Crippen molar-refractivity contribution in [2.24, 2.45) is 5.92 Å². The van der Waals surface area contributed by atoms with Gasteiger partial charge in [0, 0.05) is 5.57 Å². The molecule has 0 aliphatic carbocycles. The van der Waals surface area contributed by atoms with E-state index in [9.17, 15) is 4.79 Å². The molecule has 0 aliphatic rings. The van der Waals surface area contributed by atoms with E-state index in [2.05, 4.69) is 13.8 Å². The third-order valence-electron chi connectivity index (χ3n) is 2.77. The fourth-order valence-electron chi connectivity index (χ4n) is 1.63. The molecule has 0 radical (unpaired) electrons. The van der Waals surface area contributed by atoms with Crippen LogP contribution in [0.4, 0.5) is 0 Å². The Morgan fingerprint density at radius 1 is 1.12 bits per heavy atom. The Morgan fingerprint density at radius 2 is 1.69 bits per heavy atom. The summed E-state index contributed by atoms with van der Waals surface area (Å²) in [5, 5.41) is 8.64. The van der Waals surface area contributed by atoms with Gasteiger partial charge in [-0.1, -0.05) is 52.0 Å². The Morgan fingerprint density at radius 3 is 2.25 bits per heavy atom. The van der Waals surface area contributed by atoms with Gasteiger partial charge < -0.3 is 5.11 Å². The topological polar surface area (TPSA) is 37.3 Å². The highest BCUT2D eigenvalue weighted by molar-refractivity contribution is 5.85. The lowest BCUT2D eigenvalue weighted by Gasteiger charge is -2.03. The van der Waals surface area contributed by atoms with Gasteiger partial charge in [0.15, 0.2) is 0 Å². The quantitative estimate of drug-likeness (QED) is 0.467. The van der Waals surface area contributed by atoms with Crippen LogP contribution >= 0.6 is 0 Å². The average Bonchev–Trinajstić information content (AvgIpc) is 2.21. The van der Waals surface area contributed by atoms with Crippen LogP contribution < -0.4 is 0 Å². The largest absolute Gasteiger partial charge is 0.478 e. The third-order valence-corrected chi connectivity index (χ3v) is 2.77. The summed E-state index contributed by atoms with van der Waals surface area (Å²) in [5.41, 5.74) is 0.472. The lowest BCUT2D eigenvalue weighted by molar-refractivity contribution is -0.132. The van der Waals surface area contributed by atoms with Gasteiger partial charge in [-0.2, -0.15) is 0 Å². The maximum absolute atomic E-state index is 10.5. The number of allylic oxidation sites excluding steroid dienone is 1. The first-order chi connectivity index (χ1) is 7.54. The minimum atomic E-state index is -0.795. The molecule has 0 atom stereocenters. The van der Waals surface area contributed by atoms with Crippen LogP contribution in [0, 0.1) is 5.92 Å². The standard InChI is InChI=1S/C14H26O2/c1-12(2)10-8-6-4-5-7-9-11-13(3)14(15)16/h11-12H,4-10H2,1-3H3,(H,15,16)/b13-11+. The van der Waals surface area contributed by atoms with E-state index in [1.54, 1.807) is 6.92 Å². The first-order valence-corrected chi connectivity index (χ1v) is 6.44. The number of aliphatic carboxylic acids is 1. The number of carboxylic acids is 1. The second kappa shape index (κ2) is 9.44. The fraction of sp³-hybridized carbons (Fsp3) is 0.786. The van der Waals surface area contributed by atoms with Crippen LogP contribution in [-0.2, 0) is 4.79 Å². The summed E-state index contributed by atoms with van der Waals surface area (Å²) < 4.78 is 0. The number of carbonyl (C=O) groups is 1. The van der Waals surface area contributed by atoms with Gasteiger partial charge in [-0.05, 0) is 25.7 Å². The highest BCUT2D eigenvalue weighted by Gasteiger charge is 1.98. The van der Waals surface area contributed by atoms with E-state index >= 15 is 0 Å². The summed E-state index contributed by atoms with van der Waals surface area (Å²) in [6, 6.07) is 0. The minimum absolute atomic E-state index is 0.472. The van der Waals surface area contributed by atoms with Crippen molar-refractivity contribution >= 4 is 5.97 Å². The number of hydrogen-bond acceptors (Lipinski definition) is 1. The van der Waals surface area contributed by atoms with Crippen molar-refractivity contribution in [3.63, 3.8) is 0 Å². The van der Waals surface area contributed by atoms with Crippen molar-refractivity contribution in [3.8, 4) is 0 Å². The molecular formula is C14H26O2. The summed E-state index contributed by atoms with van der Waals surface area (Å²) in [6.45, 7) is 6.18. The highest BCUT2D eigenvalue weighted by atomic mass is 16.4. The SMILES string of the molecule is C/C(=C\CCCCCCCC(C)C)C(=O)O.